The predicted octanol–water partition coefficient (Wildman–Crippen LogP) is 2.39. The summed E-state index contributed by atoms with van der Waals surface area (Å²) in [5.74, 6) is 1.59. The maximum Gasteiger partial charge on any atom is 0.252 e. The standard InChI is InChI=1S/C17H21N3O3/c1-2-7-18-17(21)13-5-6-16(19-11-13)20-8-10-23-15(12-20)14-4-3-9-22-14/h3-6,9,11,15H,2,7-8,10,12H2,1H3,(H,18,21). The van der Waals surface area contributed by atoms with Crippen molar-refractivity contribution in [3.63, 3.8) is 0 Å². The van der Waals surface area contributed by atoms with Gasteiger partial charge in [-0.25, -0.2) is 4.98 Å². The molecule has 2 aromatic rings. The van der Waals surface area contributed by atoms with E-state index in [9.17, 15) is 4.79 Å². The Kier molecular flexibility index (Phi) is 4.92. The Hall–Kier alpha value is -2.34. The summed E-state index contributed by atoms with van der Waals surface area (Å²) in [7, 11) is 0. The number of morpholine rings is 1. The van der Waals surface area contributed by atoms with Crippen LogP contribution in [0.1, 0.15) is 35.6 Å². The second-order valence-corrected chi connectivity index (χ2v) is 5.48. The van der Waals surface area contributed by atoms with E-state index < -0.39 is 0 Å². The number of nitrogens with one attached hydrogen (secondary N) is 1. The van der Waals surface area contributed by atoms with Crippen molar-refractivity contribution in [3.8, 4) is 0 Å². The molecule has 122 valence electrons. The SMILES string of the molecule is CCCNC(=O)c1ccc(N2CCOC(c3ccco3)C2)nc1. The molecule has 0 bridgehead atoms. The Bertz CT molecular complexity index is 625. The third-order valence-corrected chi connectivity index (χ3v) is 3.80. The summed E-state index contributed by atoms with van der Waals surface area (Å²) < 4.78 is 11.2. The molecule has 1 N–H and O–H groups in total. The lowest BCUT2D eigenvalue weighted by molar-refractivity contribution is 0.0255. The first-order valence-corrected chi connectivity index (χ1v) is 7.92. The highest BCUT2D eigenvalue weighted by Crippen LogP contribution is 2.25. The van der Waals surface area contributed by atoms with Crippen molar-refractivity contribution in [2.75, 3.05) is 31.1 Å². The van der Waals surface area contributed by atoms with E-state index in [0.717, 1.165) is 24.5 Å². The molecule has 1 fully saturated rings. The minimum atomic E-state index is -0.0897. The van der Waals surface area contributed by atoms with Gasteiger partial charge in [-0.1, -0.05) is 6.92 Å². The Balaban J connectivity index is 1.65. The fourth-order valence-electron chi connectivity index (χ4n) is 2.55. The minimum Gasteiger partial charge on any atom is -0.467 e. The van der Waals surface area contributed by atoms with Crippen LogP contribution in [-0.4, -0.2) is 37.1 Å². The van der Waals surface area contributed by atoms with Crippen molar-refractivity contribution in [2.24, 2.45) is 0 Å². The number of hydrogen-bond donors (Lipinski definition) is 1. The highest BCUT2D eigenvalue weighted by atomic mass is 16.5. The summed E-state index contributed by atoms with van der Waals surface area (Å²) >= 11 is 0. The smallest absolute Gasteiger partial charge is 0.252 e. The second-order valence-electron chi connectivity index (χ2n) is 5.48. The molecule has 0 radical (unpaired) electrons. The third kappa shape index (κ3) is 3.71. The van der Waals surface area contributed by atoms with E-state index in [1.165, 1.54) is 0 Å². The van der Waals surface area contributed by atoms with Gasteiger partial charge in [-0.15, -0.1) is 0 Å². The van der Waals surface area contributed by atoms with Crippen LogP contribution in [-0.2, 0) is 4.74 Å². The number of nitrogens with zero attached hydrogens (tertiary/aromatic N) is 2. The van der Waals surface area contributed by atoms with Crippen LogP contribution in [0.4, 0.5) is 5.82 Å². The van der Waals surface area contributed by atoms with E-state index in [-0.39, 0.29) is 12.0 Å². The predicted molar refractivity (Wildman–Crippen MR) is 86.5 cm³/mol. The maximum atomic E-state index is 11.9. The highest BCUT2D eigenvalue weighted by molar-refractivity contribution is 5.94. The first-order valence-electron chi connectivity index (χ1n) is 7.92. The lowest BCUT2D eigenvalue weighted by atomic mass is 10.2. The molecule has 3 heterocycles. The normalized spacial score (nSPS) is 18.0. The molecular weight excluding hydrogens is 294 g/mol. The Labute approximate surface area is 135 Å². The molecule has 2 aromatic heterocycles. The van der Waals surface area contributed by atoms with Gasteiger partial charge >= 0.3 is 0 Å². The van der Waals surface area contributed by atoms with E-state index in [2.05, 4.69) is 15.2 Å². The average molecular weight is 315 g/mol. The number of aromatic nitrogens is 1. The van der Waals surface area contributed by atoms with Crippen LogP contribution in [0.2, 0.25) is 0 Å². The number of rotatable bonds is 5. The van der Waals surface area contributed by atoms with Gasteiger partial charge in [0.05, 0.1) is 25.0 Å². The van der Waals surface area contributed by atoms with Gasteiger partial charge < -0.3 is 19.4 Å². The summed E-state index contributed by atoms with van der Waals surface area (Å²) in [6.07, 6.45) is 4.10. The van der Waals surface area contributed by atoms with Gasteiger partial charge in [0.2, 0.25) is 0 Å². The summed E-state index contributed by atoms with van der Waals surface area (Å²) in [5, 5.41) is 2.85. The van der Waals surface area contributed by atoms with Gasteiger partial charge in [-0.05, 0) is 30.7 Å². The molecule has 6 nitrogen and oxygen atoms in total. The van der Waals surface area contributed by atoms with E-state index >= 15 is 0 Å². The number of carbonyl (C=O) groups is 1. The topological polar surface area (TPSA) is 67.6 Å². The molecule has 1 aliphatic heterocycles. The van der Waals surface area contributed by atoms with Gasteiger partial charge in [-0.2, -0.15) is 0 Å². The van der Waals surface area contributed by atoms with Crippen molar-refractivity contribution in [2.45, 2.75) is 19.4 Å². The first kappa shape index (κ1) is 15.6. The van der Waals surface area contributed by atoms with Crippen LogP contribution in [0.25, 0.3) is 0 Å². The number of furan rings is 1. The van der Waals surface area contributed by atoms with E-state index in [0.29, 0.717) is 25.3 Å². The number of pyridine rings is 1. The van der Waals surface area contributed by atoms with Gasteiger partial charge in [0.25, 0.3) is 5.91 Å². The Morgan fingerprint density at radius 3 is 3.04 bits per heavy atom. The zero-order valence-electron chi connectivity index (χ0n) is 13.2. The van der Waals surface area contributed by atoms with Crippen LogP contribution in [0.5, 0.6) is 0 Å². The first-order chi connectivity index (χ1) is 11.3. The number of ether oxygens (including phenoxy) is 1. The van der Waals surface area contributed by atoms with Gasteiger partial charge in [0.15, 0.2) is 0 Å². The van der Waals surface area contributed by atoms with Gasteiger partial charge in [0, 0.05) is 19.3 Å². The molecule has 1 aliphatic rings. The highest BCUT2D eigenvalue weighted by Gasteiger charge is 2.24. The van der Waals surface area contributed by atoms with E-state index in [1.54, 1.807) is 12.5 Å². The molecule has 1 amide bonds. The molecule has 0 saturated carbocycles. The number of anilines is 1. The zero-order chi connectivity index (χ0) is 16.1. The van der Waals surface area contributed by atoms with Crippen molar-refractivity contribution in [1.82, 2.24) is 10.3 Å². The van der Waals surface area contributed by atoms with Crippen LogP contribution in [0, 0.1) is 0 Å². The summed E-state index contributed by atoms with van der Waals surface area (Å²) in [4.78, 5) is 18.5. The van der Waals surface area contributed by atoms with Crippen molar-refractivity contribution in [3.05, 3.63) is 48.0 Å². The number of hydrogen-bond acceptors (Lipinski definition) is 5. The van der Waals surface area contributed by atoms with Crippen LogP contribution in [0.15, 0.2) is 41.1 Å². The van der Waals surface area contributed by atoms with Crippen molar-refractivity contribution < 1.29 is 13.9 Å². The quantitative estimate of drug-likeness (QED) is 0.917. The maximum absolute atomic E-state index is 11.9. The lowest BCUT2D eigenvalue weighted by Gasteiger charge is -2.32. The zero-order valence-corrected chi connectivity index (χ0v) is 13.2. The largest absolute Gasteiger partial charge is 0.467 e. The number of carbonyl (C=O) groups excluding carboxylic acids is 1. The molecule has 0 aliphatic carbocycles. The third-order valence-electron chi connectivity index (χ3n) is 3.80. The molecule has 1 unspecified atom stereocenters. The molecule has 0 spiro atoms. The van der Waals surface area contributed by atoms with Crippen LogP contribution < -0.4 is 10.2 Å². The summed E-state index contributed by atoms with van der Waals surface area (Å²) in [6, 6.07) is 7.47. The molecule has 6 heteroatoms. The monoisotopic (exact) mass is 315 g/mol. The van der Waals surface area contributed by atoms with Crippen molar-refractivity contribution >= 4 is 11.7 Å². The Morgan fingerprint density at radius 1 is 1.43 bits per heavy atom. The van der Waals surface area contributed by atoms with E-state index in [4.69, 9.17) is 9.15 Å². The summed E-state index contributed by atoms with van der Waals surface area (Å²) in [6.45, 7) is 4.77. The average Bonchev–Trinajstić information content (AvgIpc) is 3.14. The number of amides is 1. The van der Waals surface area contributed by atoms with Crippen LogP contribution in [0.3, 0.4) is 0 Å². The minimum absolute atomic E-state index is 0.0821. The van der Waals surface area contributed by atoms with Crippen LogP contribution >= 0.6 is 0 Å². The molecule has 1 saturated heterocycles. The molecular formula is C17H21N3O3. The van der Waals surface area contributed by atoms with E-state index in [1.807, 2.05) is 31.2 Å². The molecule has 1 atom stereocenters. The Morgan fingerprint density at radius 2 is 2.35 bits per heavy atom. The van der Waals surface area contributed by atoms with Crippen molar-refractivity contribution in [1.29, 1.82) is 0 Å². The molecule has 23 heavy (non-hydrogen) atoms. The fourth-order valence-corrected chi connectivity index (χ4v) is 2.55. The molecule has 3 rings (SSSR count). The fraction of sp³-hybridized carbons (Fsp3) is 0.412. The lowest BCUT2D eigenvalue weighted by Crippen LogP contribution is -2.38. The summed E-state index contributed by atoms with van der Waals surface area (Å²) in [5.41, 5.74) is 0.582. The second kappa shape index (κ2) is 7.28. The van der Waals surface area contributed by atoms with Gasteiger partial charge in [-0.3, -0.25) is 4.79 Å². The van der Waals surface area contributed by atoms with Gasteiger partial charge in [0.1, 0.15) is 17.7 Å². The molecule has 0 aromatic carbocycles.